The molecule has 0 bridgehead atoms. The summed E-state index contributed by atoms with van der Waals surface area (Å²) in [7, 11) is 0. The van der Waals surface area contributed by atoms with E-state index in [0.717, 1.165) is 0 Å². The fraction of sp³-hybridized carbons (Fsp3) is 0.176. The topological polar surface area (TPSA) is 74.6 Å². The molecule has 0 spiro atoms. The van der Waals surface area contributed by atoms with Crippen LogP contribution in [0.1, 0.15) is 22.2 Å². The molecule has 3 rings (SSSR count). The summed E-state index contributed by atoms with van der Waals surface area (Å²) >= 11 is 5.99. The lowest BCUT2D eigenvalue weighted by atomic mass is 10.2. The molecule has 1 aliphatic heterocycles. The molecule has 0 aliphatic carbocycles. The monoisotopic (exact) mass is 345 g/mol. The quantitative estimate of drug-likeness (QED) is 0.872. The third-order valence-corrected chi connectivity index (χ3v) is 3.91. The Morgan fingerprint density at radius 3 is 2.88 bits per heavy atom. The van der Waals surface area contributed by atoms with Gasteiger partial charge in [0.2, 0.25) is 0 Å². The average Bonchev–Trinajstić information content (AvgIpc) is 3.11. The molecule has 7 heteroatoms. The van der Waals surface area contributed by atoms with Gasteiger partial charge in [-0.15, -0.1) is 0 Å². The van der Waals surface area contributed by atoms with Gasteiger partial charge in [0.25, 0.3) is 11.8 Å². The van der Waals surface area contributed by atoms with Gasteiger partial charge in [-0.1, -0.05) is 29.8 Å². The molecule has 0 saturated heterocycles. The highest BCUT2D eigenvalue weighted by Crippen LogP contribution is 2.18. The van der Waals surface area contributed by atoms with Gasteiger partial charge in [-0.2, -0.15) is 0 Å². The summed E-state index contributed by atoms with van der Waals surface area (Å²) in [5, 5.41) is 4.59. The van der Waals surface area contributed by atoms with Gasteiger partial charge in [-0.25, -0.2) is 5.43 Å². The van der Waals surface area contributed by atoms with E-state index in [9.17, 15) is 9.59 Å². The number of benzene rings is 1. The van der Waals surface area contributed by atoms with Crippen molar-refractivity contribution < 1.29 is 14.0 Å². The van der Waals surface area contributed by atoms with Gasteiger partial charge >= 0.3 is 0 Å². The normalized spacial score (nSPS) is 17.1. The van der Waals surface area contributed by atoms with E-state index in [2.05, 4.69) is 10.7 Å². The van der Waals surface area contributed by atoms with Crippen LogP contribution in [0.5, 0.6) is 0 Å². The summed E-state index contributed by atoms with van der Waals surface area (Å²) in [5.41, 5.74) is 3.46. The second-order valence-electron chi connectivity index (χ2n) is 5.21. The number of nitrogens with zero attached hydrogens (tertiary/aromatic N) is 1. The first-order valence-electron chi connectivity index (χ1n) is 7.47. The Morgan fingerprint density at radius 2 is 2.12 bits per heavy atom. The smallest absolute Gasteiger partial charge is 0.260 e. The van der Waals surface area contributed by atoms with Gasteiger partial charge in [0.15, 0.2) is 0 Å². The molecule has 0 saturated carbocycles. The summed E-state index contributed by atoms with van der Waals surface area (Å²) in [5.74, 6) is 0.261. The van der Waals surface area contributed by atoms with Crippen molar-refractivity contribution in [1.82, 2.24) is 15.8 Å². The molecule has 1 aromatic carbocycles. The molecule has 0 radical (unpaired) electrons. The van der Waals surface area contributed by atoms with E-state index in [1.54, 1.807) is 42.7 Å². The molecule has 6 nitrogen and oxygen atoms in total. The lowest BCUT2D eigenvalue weighted by Gasteiger charge is -2.29. The molecule has 2 aromatic rings. The zero-order valence-corrected chi connectivity index (χ0v) is 13.5. The Labute approximate surface area is 144 Å². The van der Waals surface area contributed by atoms with Gasteiger partial charge in [-0.3, -0.25) is 14.6 Å². The fourth-order valence-corrected chi connectivity index (χ4v) is 2.59. The third-order valence-electron chi connectivity index (χ3n) is 3.58. The van der Waals surface area contributed by atoms with E-state index in [1.165, 1.54) is 11.1 Å². The molecule has 24 heavy (non-hydrogen) atoms. The van der Waals surface area contributed by atoms with E-state index >= 15 is 0 Å². The number of furan rings is 1. The fourth-order valence-electron chi connectivity index (χ4n) is 2.37. The molecule has 1 unspecified atom stereocenters. The van der Waals surface area contributed by atoms with E-state index in [1.807, 2.05) is 6.07 Å². The van der Waals surface area contributed by atoms with Crippen molar-refractivity contribution in [2.24, 2.45) is 0 Å². The maximum absolute atomic E-state index is 12.1. The van der Waals surface area contributed by atoms with Gasteiger partial charge in [0.05, 0.1) is 23.4 Å². The molecular formula is C17H16ClN3O3. The lowest BCUT2D eigenvalue weighted by molar-refractivity contribution is -0.130. The van der Waals surface area contributed by atoms with Crippen LogP contribution in [0.4, 0.5) is 0 Å². The van der Waals surface area contributed by atoms with Crippen molar-refractivity contribution >= 4 is 23.4 Å². The first-order valence-corrected chi connectivity index (χ1v) is 7.85. The van der Waals surface area contributed by atoms with E-state index < -0.39 is 0 Å². The van der Waals surface area contributed by atoms with Gasteiger partial charge in [0.1, 0.15) is 11.8 Å². The molecule has 0 fully saturated rings. The van der Waals surface area contributed by atoms with E-state index in [4.69, 9.17) is 16.0 Å². The number of hydrogen-bond acceptors (Lipinski definition) is 4. The van der Waals surface area contributed by atoms with Gasteiger partial charge in [0, 0.05) is 12.6 Å². The predicted octanol–water partition coefficient (Wildman–Crippen LogP) is 2.31. The summed E-state index contributed by atoms with van der Waals surface area (Å²) < 4.78 is 5.33. The zero-order chi connectivity index (χ0) is 16.9. The zero-order valence-electron chi connectivity index (χ0n) is 12.7. The minimum absolute atomic E-state index is 0.176. The number of nitrogens with one attached hydrogen (secondary N) is 2. The minimum atomic E-state index is -0.275. The number of carbonyl (C=O) groups excluding carboxylic acids is 2. The Morgan fingerprint density at radius 1 is 1.29 bits per heavy atom. The number of rotatable bonds is 5. The molecule has 1 atom stereocenters. The number of carbonyl (C=O) groups is 2. The molecule has 2 amide bonds. The minimum Gasteiger partial charge on any atom is -0.467 e. The number of halogens is 1. The summed E-state index contributed by atoms with van der Waals surface area (Å²) in [6.07, 6.45) is 4.80. The van der Waals surface area contributed by atoms with E-state index in [0.29, 0.717) is 29.4 Å². The molecular weight excluding hydrogens is 330 g/mol. The standard InChI is InChI=1S/C17H16ClN3O3/c18-13-5-2-1-4-12(13)17(23)19-9-10-21-16(22)8-7-14(20-21)15-6-3-11-24-15/h1-8,11,14,20H,9-10H2,(H,19,23). The Bertz CT molecular complexity index is 758. The number of hydrogen-bond donors (Lipinski definition) is 2. The summed E-state index contributed by atoms with van der Waals surface area (Å²) in [4.78, 5) is 24.0. The van der Waals surface area contributed by atoms with Crippen LogP contribution in [0.3, 0.4) is 0 Å². The van der Waals surface area contributed by atoms with Crippen LogP contribution in [0.25, 0.3) is 0 Å². The van der Waals surface area contributed by atoms with Gasteiger partial charge in [-0.05, 0) is 24.3 Å². The number of amides is 2. The van der Waals surface area contributed by atoms with Crippen molar-refractivity contribution in [1.29, 1.82) is 0 Å². The van der Waals surface area contributed by atoms with Crippen LogP contribution in [0.15, 0.2) is 59.2 Å². The Balaban J connectivity index is 1.55. The molecule has 1 aliphatic rings. The maximum atomic E-state index is 12.1. The first-order chi connectivity index (χ1) is 11.6. The van der Waals surface area contributed by atoms with Crippen LogP contribution in [-0.2, 0) is 4.79 Å². The SMILES string of the molecule is O=C(NCCN1NC(c2ccco2)C=CC1=O)c1ccccc1Cl. The summed E-state index contributed by atoms with van der Waals surface area (Å²) in [6.45, 7) is 0.609. The van der Waals surface area contributed by atoms with Crippen LogP contribution in [0, 0.1) is 0 Å². The Hall–Kier alpha value is -2.57. The van der Waals surface area contributed by atoms with Crippen LogP contribution >= 0.6 is 11.6 Å². The van der Waals surface area contributed by atoms with E-state index in [-0.39, 0.29) is 17.9 Å². The first kappa shape index (κ1) is 16.3. The lowest BCUT2D eigenvalue weighted by Crippen LogP contribution is -2.49. The van der Waals surface area contributed by atoms with Gasteiger partial charge < -0.3 is 9.73 Å². The number of hydrazine groups is 1. The predicted molar refractivity (Wildman–Crippen MR) is 89.2 cm³/mol. The van der Waals surface area contributed by atoms with Crippen LogP contribution < -0.4 is 10.7 Å². The Kier molecular flexibility index (Phi) is 4.98. The second-order valence-corrected chi connectivity index (χ2v) is 5.61. The van der Waals surface area contributed by atoms with Crippen molar-refractivity contribution in [2.75, 3.05) is 13.1 Å². The van der Waals surface area contributed by atoms with Crippen LogP contribution in [0.2, 0.25) is 5.02 Å². The average molecular weight is 346 g/mol. The molecule has 1 aromatic heterocycles. The van der Waals surface area contributed by atoms with Crippen molar-refractivity contribution in [2.45, 2.75) is 6.04 Å². The van der Waals surface area contributed by atoms with Crippen LogP contribution in [-0.4, -0.2) is 29.9 Å². The molecule has 2 heterocycles. The molecule has 2 N–H and O–H groups in total. The van der Waals surface area contributed by atoms with Crippen molar-refractivity contribution in [3.63, 3.8) is 0 Å². The second kappa shape index (κ2) is 7.33. The van der Waals surface area contributed by atoms with Crippen molar-refractivity contribution in [3.8, 4) is 0 Å². The highest BCUT2D eigenvalue weighted by atomic mass is 35.5. The highest BCUT2D eigenvalue weighted by molar-refractivity contribution is 6.33. The summed E-state index contributed by atoms with van der Waals surface area (Å²) in [6, 6.07) is 10.2. The highest BCUT2D eigenvalue weighted by Gasteiger charge is 2.22. The largest absolute Gasteiger partial charge is 0.467 e. The maximum Gasteiger partial charge on any atom is 0.260 e. The third kappa shape index (κ3) is 3.67. The van der Waals surface area contributed by atoms with Crippen molar-refractivity contribution in [3.05, 3.63) is 71.2 Å². The molecule has 124 valence electrons.